The predicted molar refractivity (Wildman–Crippen MR) is 95.6 cm³/mol. The molecule has 0 unspecified atom stereocenters. The summed E-state index contributed by atoms with van der Waals surface area (Å²) in [5.74, 6) is -0.250. The minimum Gasteiger partial charge on any atom is -0.298 e. The van der Waals surface area contributed by atoms with Crippen LogP contribution < -0.4 is 10.9 Å². The average molecular weight is 341 g/mol. The summed E-state index contributed by atoms with van der Waals surface area (Å²) >= 11 is 5.91. The molecule has 0 spiro atoms. The van der Waals surface area contributed by atoms with E-state index in [9.17, 15) is 4.79 Å². The fourth-order valence-electron chi connectivity index (χ4n) is 2.51. The molecule has 2 aromatic heterocycles. The van der Waals surface area contributed by atoms with Crippen LogP contribution in [0.25, 0.3) is 11.3 Å². The molecule has 0 bridgehead atoms. The van der Waals surface area contributed by atoms with Crippen LogP contribution in [0.3, 0.4) is 0 Å². The lowest BCUT2D eigenvalue weighted by Gasteiger charge is -2.12. The molecule has 0 fully saturated rings. The number of hydrogen-bond donors (Lipinski definition) is 2. The maximum Gasteiger partial charge on any atom is 0.288 e. The number of allylic oxidation sites excluding steroid dienone is 1. The number of nitrogens with zero attached hydrogens (tertiary/aromatic N) is 2. The summed E-state index contributed by atoms with van der Waals surface area (Å²) in [6, 6.07) is 13.0. The molecule has 0 aliphatic rings. The van der Waals surface area contributed by atoms with Crippen LogP contribution in [0.2, 0.25) is 5.02 Å². The second-order valence-corrected chi connectivity index (χ2v) is 5.70. The van der Waals surface area contributed by atoms with Crippen LogP contribution in [0.1, 0.15) is 28.7 Å². The van der Waals surface area contributed by atoms with Crippen LogP contribution in [0.5, 0.6) is 0 Å². The number of halogens is 1. The summed E-state index contributed by atoms with van der Waals surface area (Å²) in [5.41, 5.74) is 9.32. The molecule has 0 saturated heterocycles. The van der Waals surface area contributed by atoms with Gasteiger partial charge in [0, 0.05) is 11.2 Å². The van der Waals surface area contributed by atoms with Gasteiger partial charge < -0.3 is 0 Å². The lowest BCUT2D eigenvalue weighted by molar-refractivity contribution is 0.0936. The van der Waals surface area contributed by atoms with Gasteiger partial charge in [-0.25, -0.2) is 4.98 Å². The highest BCUT2D eigenvalue weighted by Gasteiger charge is 2.16. The number of hydrogen-bond acceptors (Lipinski definition) is 3. The van der Waals surface area contributed by atoms with Crippen molar-refractivity contribution in [3.63, 3.8) is 0 Å². The van der Waals surface area contributed by atoms with Crippen molar-refractivity contribution < 1.29 is 4.79 Å². The first-order valence-corrected chi connectivity index (χ1v) is 7.90. The fourth-order valence-corrected chi connectivity index (χ4v) is 2.64. The SMILES string of the molecule is C/C=C(\NNC(=O)c1c(C)nc2ccccn12)c1ccc(Cl)cc1. The highest BCUT2D eigenvalue weighted by atomic mass is 35.5. The quantitative estimate of drug-likeness (QED) is 0.713. The number of fused-ring (bicyclic) bond motifs is 1. The lowest BCUT2D eigenvalue weighted by atomic mass is 10.1. The van der Waals surface area contributed by atoms with Crippen LogP contribution in [0, 0.1) is 6.92 Å². The third-order valence-electron chi connectivity index (χ3n) is 3.67. The van der Waals surface area contributed by atoms with E-state index in [1.165, 1.54) is 0 Å². The Morgan fingerprint density at radius 3 is 2.62 bits per heavy atom. The minimum absolute atomic E-state index is 0.250. The van der Waals surface area contributed by atoms with Crippen LogP contribution in [-0.4, -0.2) is 15.3 Å². The molecule has 2 heterocycles. The van der Waals surface area contributed by atoms with E-state index < -0.39 is 0 Å². The van der Waals surface area contributed by atoms with Gasteiger partial charge in [0.25, 0.3) is 5.91 Å². The lowest BCUT2D eigenvalue weighted by Crippen LogP contribution is -2.37. The van der Waals surface area contributed by atoms with Crippen molar-refractivity contribution >= 4 is 28.9 Å². The maximum atomic E-state index is 12.6. The predicted octanol–water partition coefficient (Wildman–Crippen LogP) is 3.59. The molecular formula is C18H17ClN4O. The third kappa shape index (κ3) is 3.12. The van der Waals surface area contributed by atoms with Crippen molar-refractivity contribution in [3.05, 3.63) is 76.7 Å². The smallest absolute Gasteiger partial charge is 0.288 e. The van der Waals surface area contributed by atoms with Gasteiger partial charge >= 0.3 is 0 Å². The van der Waals surface area contributed by atoms with E-state index in [-0.39, 0.29) is 5.91 Å². The van der Waals surface area contributed by atoms with Gasteiger partial charge in [0.2, 0.25) is 0 Å². The summed E-state index contributed by atoms with van der Waals surface area (Å²) in [7, 11) is 0. The van der Waals surface area contributed by atoms with Crippen LogP contribution in [0.4, 0.5) is 0 Å². The zero-order valence-corrected chi connectivity index (χ0v) is 14.1. The Balaban J connectivity index is 1.79. The fraction of sp³-hybridized carbons (Fsp3) is 0.111. The Labute approximate surface area is 144 Å². The van der Waals surface area contributed by atoms with E-state index in [2.05, 4.69) is 15.8 Å². The van der Waals surface area contributed by atoms with Gasteiger partial charge in [-0.15, -0.1) is 0 Å². The first-order valence-electron chi connectivity index (χ1n) is 7.52. The number of hydrazine groups is 1. The van der Waals surface area contributed by atoms with E-state index in [4.69, 9.17) is 11.6 Å². The van der Waals surface area contributed by atoms with Crippen molar-refractivity contribution in [1.29, 1.82) is 0 Å². The Hall–Kier alpha value is -2.79. The molecule has 0 saturated carbocycles. The summed E-state index contributed by atoms with van der Waals surface area (Å²) in [6.07, 6.45) is 3.70. The molecule has 1 amide bonds. The van der Waals surface area contributed by atoms with Crippen LogP contribution >= 0.6 is 11.6 Å². The van der Waals surface area contributed by atoms with Crippen molar-refractivity contribution in [3.8, 4) is 0 Å². The molecule has 5 nitrogen and oxygen atoms in total. The van der Waals surface area contributed by atoms with Gasteiger partial charge in [0.05, 0.1) is 11.4 Å². The number of aromatic nitrogens is 2. The molecule has 0 aliphatic heterocycles. The van der Waals surface area contributed by atoms with Gasteiger partial charge in [-0.2, -0.15) is 0 Å². The molecule has 3 rings (SSSR count). The number of amides is 1. The van der Waals surface area contributed by atoms with E-state index in [0.29, 0.717) is 16.4 Å². The number of benzene rings is 1. The van der Waals surface area contributed by atoms with E-state index >= 15 is 0 Å². The van der Waals surface area contributed by atoms with Crippen molar-refractivity contribution in [2.45, 2.75) is 13.8 Å². The number of pyridine rings is 1. The molecular weight excluding hydrogens is 324 g/mol. The van der Waals surface area contributed by atoms with Gasteiger partial charge in [-0.05, 0) is 43.7 Å². The monoisotopic (exact) mass is 340 g/mol. The third-order valence-corrected chi connectivity index (χ3v) is 3.93. The molecule has 2 N–H and O–H groups in total. The summed E-state index contributed by atoms with van der Waals surface area (Å²) < 4.78 is 1.77. The zero-order chi connectivity index (χ0) is 17.1. The van der Waals surface area contributed by atoms with Crippen molar-refractivity contribution in [2.75, 3.05) is 0 Å². The molecule has 3 aromatic rings. The van der Waals surface area contributed by atoms with Crippen LogP contribution in [0.15, 0.2) is 54.7 Å². The van der Waals surface area contributed by atoms with E-state index in [1.54, 1.807) is 16.5 Å². The summed E-state index contributed by atoms with van der Waals surface area (Å²) in [5, 5.41) is 0.666. The second kappa shape index (κ2) is 6.76. The largest absolute Gasteiger partial charge is 0.298 e. The number of imidazole rings is 1. The number of aryl methyl sites for hydroxylation is 1. The van der Waals surface area contributed by atoms with Crippen molar-refractivity contribution in [2.24, 2.45) is 0 Å². The molecule has 0 aliphatic carbocycles. The van der Waals surface area contributed by atoms with E-state index in [1.807, 2.05) is 56.5 Å². The van der Waals surface area contributed by atoms with Crippen LogP contribution in [-0.2, 0) is 0 Å². The highest BCUT2D eigenvalue weighted by Crippen LogP contribution is 2.15. The first kappa shape index (κ1) is 16.1. The molecule has 0 radical (unpaired) electrons. The summed E-state index contributed by atoms with van der Waals surface area (Å²) in [6.45, 7) is 3.71. The second-order valence-electron chi connectivity index (χ2n) is 5.26. The standard InChI is InChI=1S/C18H17ClN4O/c1-3-15(13-7-9-14(19)10-8-13)21-22-18(24)17-12(2)20-16-6-4-5-11-23(16)17/h3-11,21H,1-2H3,(H,22,24)/b15-3-. The number of carbonyl (C=O) groups is 1. The molecule has 6 heteroatoms. The summed E-state index contributed by atoms with van der Waals surface area (Å²) in [4.78, 5) is 17.0. The number of carbonyl (C=O) groups excluding carboxylic acids is 1. The van der Waals surface area contributed by atoms with Gasteiger partial charge in [0.15, 0.2) is 0 Å². The average Bonchev–Trinajstić information content (AvgIpc) is 2.92. The molecule has 122 valence electrons. The highest BCUT2D eigenvalue weighted by molar-refractivity contribution is 6.30. The molecule has 1 aromatic carbocycles. The van der Waals surface area contributed by atoms with Gasteiger partial charge in [0.1, 0.15) is 11.3 Å². The van der Waals surface area contributed by atoms with Gasteiger partial charge in [-0.1, -0.05) is 35.9 Å². The molecule has 24 heavy (non-hydrogen) atoms. The Morgan fingerprint density at radius 2 is 1.92 bits per heavy atom. The topological polar surface area (TPSA) is 58.4 Å². The normalized spacial score (nSPS) is 11.5. The number of nitrogens with one attached hydrogen (secondary N) is 2. The minimum atomic E-state index is -0.250. The Morgan fingerprint density at radius 1 is 1.17 bits per heavy atom. The Bertz CT molecular complexity index is 912. The number of rotatable bonds is 4. The van der Waals surface area contributed by atoms with Gasteiger partial charge in [-0.3, -0.25) is 20.0 Å². The van der Waals surface area contributed by atoms with E-state index in [0.717, 1.165) is 16.9 Å². The maximum absolute atomic E-state index is 12.6. The first-order chi connectivity index (χ1) is 11.6. The Kier molecular flexibility index (Phi) is 4.53. The van der Waals surface area contributed by atoms with Crippen molar-refractivity contribution in [1.82, 2.24) is 20.2 Å². The zero-order valence-electron chi connectivity index (χ0n) is 13.4. The molecule has 0 atom stereocenters.